The zero-order valence-electron chi connectivity index (χ0n) is 9.78. The summed E-state index contributed by atoms with van der Waals surface area (Å²) in [6.45, 7) is 1.64. The van der Waals surface area contributed by atoms with E-state index in [0.717, 1.165) is 19.0 Å². The lowest BCUT2D eigenvalue weighted by atomic mass is 10.2. The van der Waals surface area contributed by atoms with Crippen molar-refractivity contribution in [1.29, 1.82) is 0 Å². The molecule has 0 aliphatic heterocycles. The van der Waals surface area contributed by atoms with Gasteiger partial charge in [-0.3, -0.25) is 4.79 Å². The molecular formula is C13H18N2O2. The number of rotatable bonds is 6. The standard InChI is InChI=1S/C13H18N2O2/c16-12-6-2-10(3-7-12)13(17)15-9-1-8-14-11-4-5-11/h2-3,6-7,11,14,16H,1,4-5,8-9H2,(H,15,17). The highest BCUT2D eigenvalue weighted by Crippen LogP contribution is 2.18. The van der Waals surface area contributed by atoms with E-state index in [-0.39, 0.29) is 11.7 Å². The van der Waals surface area contributed by atoms with E-state index < -0.39 is 0 Å². The molecule has 1 aliphatic rings. The molecule has 1 aliphatic carbocycles. The number of aromatic hydroxyl groups is 1. The lowest BCUT2D eigenvalue weighted by Crippen LogP contribution is -2.27. The van der Waals surface area contributed by atoms with Crippen molar-refractivity contribution < 1.29 is 9.90 Å². The van der Waals surface area contributed by atoms with E-state index in [2.05, 4.69) is 10.6 Å². The third-order valence-electron chi connectivity index (χ3n) is 2.78. The van der Waals surface area contributed by atoms with Crippen LogP contribution in [-0.4, -0.2) is 30.1 Å². The van der Waals surface area contributed by atoms with E-state index in [1.807, 2.05) is 0 Å². The van der Waals surface area contributed by atoms with Crippen LogP contribution in [0.25, 0.3) is 0 Å². The van der Waals surface area contributed by atoms with Gasteiger partial charge in [0.15, 0.2) is 0 Å². The summed E-state index contributed by atoms with van der Waals surface area (Å²) in [5, 5.41) is 15.3. The second-order valence-electron chi connectivity index (χ2n) is 4.38. The van der Waals surface area contributed by atoms with Crippen LogP contribution in [0.4, 0.5) is 0 Å². The van der Waals surface area contributed by atoms with Gasteiger partial charge in [0, 0.05) is 18.2 Å². The van der Waals surface area contributed by atoms with Crippen LogP contribution >= 0.6 is 0 Å². The highest BCUT2D eigenvalue weighted by Gasteiger charge is 2.19. The Labute approximate surface area is 101 Å². The Balaban J connectivity index is 1.64. The van der Waals surface area contributed by atoms with Gasteiger partial charge in [0.2, 0.25) is 0 Å². The van der Waals surface area contributed by atoms with Crippen LogP contribution in [0.1, 0.15) is 29.6 Å². The molecule has 17 heavy (non-hydrogen) atoms. The summed E-state index contributed by atoms with van der Waals surface area (Å²) < 4.78 is 0. The fourth-order valence-electron chi connectivity index (χ4n) is 1.60. The Kier molecular flexibility index (Phi) is 3.98. The van der Waals surface area contributed by atoms with Crippen LogP contribution in [-0.2, 0) is 0 Å². The summed E-state index contributed by atoms with van der Waals surface area (Å²) in [5.41, 5.74) is 0.581. The third-order valence-corrected chi connectivity index (χ3v) is 2.78. The van der Waals surface area contributed by atoms with Gasteiger partial charge in [-0.1, -0.05) is 0 Å². The van der Waals surface area contributed by atoms with Crippen molar-refractivity contribution in [3.8, 4) is 5.75 Å². The number of hydrogen-bond acceptors (Lipinski definition) is 3. The number of carbonyl (C=O) groups is 1. The van der Waals surface area contributed by atoms with Gasteiger partial charge in [0.25, 0.3) is 5.91 Å². The molecule has 0 unspecified atom stereocenters. The lowest BCUT2D eigenvalue weighted by molar-refractivity contribution is 0.0953. The number of benzene rings is 1. The lowest BCUT2D eigenvalue weighted by Gasteiger charge is -2.06. The molecule has 0 atom stereocenters. The Morgan fingerprint density at radius 1 is 1.24 bits per heavy atom. The first-order valence-corrected chi connectivity index (χ1v) is 6.06. The molecular weight excluding hydrogens is 216 g/mol. The topological polar surface area (TPSA) is 61.4 Å². The Morgan fingerprint density at radius 2 is 1.94 bits per heavy atom. The molecule has 1 aromatic rings. The maximum absolute atomic E-state index is 11.7. The molecule has 0 spiro atoms. The summed E-state index contributed by atoms with van der Waals surface area (Å²) in [7, 11) is 0. The van der Waals surface area contributed by atoms with E-state index in [0.29, 0.717) is 12.1 Å². The minimum Gasteiger partial charge on any atom is -0.508 e. The minimum absolute atomic E-state index is 0.0866. The van der Waals surface area contributed by atoms with Gasteiger partial charge in [-0.15, -0.1) is 0 Å². The predicted octanol–water partition coefficient (Wildman–Crippen LogP) is 1.26. The molecule has 0 saturated heterocycles. The predicted molar refractivity (Wildman–Crippen MR) is 66.1 cm³/mol. The van der Waals surface area contributed by atoms with Crippen molar-refractivity contribution in [1.82, 2.24) is 10.6 Å². The molecule has 4 nitrogen and oxygen atoms in total. The molecule has 3 N–H and O–H groups in total. The molecule has 0 radical (unpaired) electrons. The van der Waals surface area contributed by atoms with Crippen LogP contribution in [0.3, 0.4) is 0 Å². The Bertz CT molecular complexity index is 372. The van der Waals surface area contributed by atoms with Gasteiger partial charge in [0.1, 0.15) is 5.75 Å². The summed E-state index contributed by atoms with van der Waals surface area (Å²) in [6, 6.07) is 7.00. The smallest absolute Gasteiger partial charge is 0.251 e. The van der Waals surface area contributed by atoms with Gasteiger partial charge < -0.3 is 15.7 Å². The van der Waals surface area contributed by atoms with E-state index in [1.54, 1.807) is 12.1 Å². The summed E-state index contributed by atoms with van der Waals surface area (Å²) >= 11 is 0. The number of hydrogen-bond donors (Lipinski definition) is 3. The van der Waals surface area contributed by atoms with E-state index in [4.69, 9.17) is 5.11 Å². The average Bonchev–Trinajstić information content (AvgIpc) is 3.13. The summed E-state index contributed by atoms with van der Waals surface area (Å²) in [5.74, 6) is 0.0894. The normalized spacial score (nSPS) is 14.6. The SMILES string of the molecule is O=C(NCCCNC1CC1)c1ccc(O)cc1. The first-order valence-electron chi connectivity index (χ1n) is 6.06. The van der Waals surface area contributed by atoms with Crippen molar-refractivity contribution in [3.63, 3.8) is 0 Å². The summed E-state index contributed by atoms with van der Waals surface area (Å²) in [4.78, 5) is 11.7. The molecule has 0 bridgehead atoms. The van der Waals surface area contributed by atoms with Crippen molar-refractivity contribution in [3.05, 3.63) is 29.8 Å². The fourth-order valence-corrected chi connectivity index (χ4v) is 1.60. The maximum atomic E-state index is 11.7. The van der Waals surface area contributed by atoms with Crippen molar-refractivity contribution in [2.75, 3.05) is 13.1 Å². The molecule has 1 amide bonds. The van der Waals surface area contributed by atoms with Gasteiger partial charge in [-0.2, -0.15) is 0 Å². The van der Waals surface area contributed by atoms with E-state index in [1.165, 1.54) is 25.0 Å². The average molecular weight is 234 g/mol. The van der Waals surface area contributed by atoms with Crippen LogP contribution in [0, 0.1) is 0 Å². The van der Waals surface area contributed by atoms with Crippen LogP contribution in [0.2, 0.25) is 0 Å². The highest BCUT2D eigenvalue weighted by atomic mass is 16.3. The maximum Gasteiger partial charge on any atom is 0.251 e. The van der Waals surface area contributed by atoms with E-state index in [9.17, 15) is 4.79 Å². The van der Waals surface area contributed by atoms with Crippen LogP contribution in [0.15, 0.2) is 24.3 Å². The molecule has 0 aromatic heterocycles. The van der Waals surface area contributed by atoms with Crippen molar-refractivity contribution in [2.45, 2.75) is 25.3 Å². The van der Waals surface area contributed by atoms with Crippen molar-refractivity contribution >= 4 is 5.91 Å². The zero-order chi connectivity index (χ0) is 12.1. The molecule has 1 aromatic carbocycles. The molecule has 1 fully saturated rings. The fraction of sp³-hybridized carbons (Fsp3) is 0.462. The van der Waals surface area contributed by atoms with E-state index >= 15 is 0 Å². The molecule has 2 rings (SSSR count). The van der Waals surface area contributed by atoms with Crippen molar-refractivity contribution in [2.24, 2.45) is 0 Å². The Hall–Kier alpha value is -1.55. The monoisotopic (exact) mass is 234 g/mol. The Morgan fingerprint density at radius 3 is 2.59 bits per heavy atom. The van der Waals surface area contributed by atoms with Gasteiger partial charge in [-0.25, -0.2) is 0 Å². The van der Waals surface area contributed by atoms with Gasteiger partial charge in [0.05, 0.1) is 0 Å². The zero-order valence-corrected chi connectivity index (χ0v) is 9.78. The molecule has 1 saturated carbocycles. The first kappa shape index (κ1) is 11.9. The van der Waals surface area contributed by atoms with Gasteiger partial charge >= 0.3 is 0 Å². The number of amides is 1. The number of phenols is 1. The number of nitrogens with one attached hydrogen (secondary N) is 2. The largest absolute Gasteiger partial charge is 0.508 e. The second-order valence-corrected chi connectivity index (χ2v) is 4.38. The minimum atomic E-state index is -0.0866. The molecule has 92 valence electrons. The van der Waals surface area contributed by atoms with Crippen LogP contribution in [0.5, 0.6) is 5.75 Å². The quantitative estimate of drug-likeness (QED) is 0.649. The number of carbonyl (C=O) groups excluding carboxylic acids is 1. The third kappa shape index (κ3) is 4.07. The highest BCUT2D eigenvalue weighted by molar-refractivity contribution is 5.94. The number of phenolic OH excluding ortho intramolecular Hbond substituents is 1. The molecule has 4 heteroatoms. The van der Waals surface area contributed by atoms with Gasteiger partial charge in [-0.05, 0) is 50.1 Å². The summed E-state index contributed by atoms with van der Waals surface area (Å²) in [6.07, 6.45) is 3.53. The second kappa shape index (κ2) is 5.68. The van der Waals surface area contributed by atoms with Crippen LogP contribution < -0.4 is 10.6 Å². The molecule has 0 heterocycles. The first-order chi connectivity index (χ1) is 8.25.